The number of rotatable bonds is 11. The average molecular weight is 1230 g/mol. The minimum absolute atomic E-state index is 0. The molecule has 414 valence electrons. The summed E-state index contributed by atoms with van der Waals surface area (Å²) in [4.78, 5) is 0. The molecule has 0 N–H and O–H groups in total. The molecule has 0 saturated heterocycles. The van der Waals surface area contributed by atoms with Crippen LogP contribution in [0.5, 0.6) is 0 Å². The van der Waals surface area contributed by atoms with E-state index >= 15 is 0 Å². The predicted molar refractivity (Wildman–Crippen MR) is 372 cm³/mol. The van der Waals surface area contributed by atoms with E-state index in [0.29, 0.717) is 0 Å². The summed E-state index contributed by atoms with van der Waals surface area (Å²) in [5.74, 6) is 0. The molecule has 0 heterocycles. The third kappa shape index (κ3) is 18.3. The smallest absolute Gasteiger partial charge is 0.157 e. The van der Waals surface area contributed by atoms with Crippen molar-refractivity contribution in [2.24, 2.45) is 0 Å². The van der Waals surface area contributed by atoms with Crippen LogP contribution < -0.4 is 41.5 Å². The Labute approximate surface area is 497 Å². The summed E-state index contributed by atoms with van der Waals surface area (Å²) in [6.45, 7) is 63.2. The molecule has 0 aliphatic heterocycles. The van der Waals surface area contributed by atoms with Gasteiger partial charge in [-0.15, -0.1) is 137 Å². The summed E-state index contributed by atoms with van der Waals surface area (Å²) < 4.78 is 0. The van der Waals surface area contributed by atoms with E-state index < -0.39 is 64.6 Å². The summed E-state index contributed by atoms with van der Waals surface area (Å²) in [5.41, 5.74) is 0. The molecule has 0 nitrogen and oxygen atoms in total. The molecule has 0 aliphatic rings. The van der Waals surface area contributed by atoms with E-state index in [2.05, 4.69) is 292 Å². The third-order valence-corrected chi connectivity index (χ3v) is 30.8. The number of hydrogen-bond acceptors (Lipinski definition) is 0. The molecule has 0 amide bonds. The van der Waals surface area contributed by atoms with Crippen molar-refractivity contribution < 1.29 is 34.7 Å². The minimum atomic E-state index is -1.23. The van der Waals surface area contributed by atoms with Crippen LogP contribution in [0.1, 0.15) is 39.5 Å². The van der Waals surface area contributed by atoms with Crippen molar-refractivity contribution in [1.29, 1.82) is 0 Å². The fourth-order valence-electron chi connectivity index (χ4n) is 10.5. The Morgan fingerprint density at radius 3 is 0.553 bits per heavy atom. The van der Waals surface area contributed by atoms with Crippen molar-refractivity contribution in [2.75, 3.05) is 0 Å². The summed E-state index contributed by atoms with van der Waals surface area (Å²) in [7, 11) is -9.87. The van der Waals surface area contributed by atoms with Crippen LogP contribution in [0, 0.1) is 0 Å². The van der Waals surface area contributed by atoms with Crippen molar-refractivity contribution in [3.8, 4) is 0 Å². The van der Waals surface area contributed by atoms with Crippen LogP contribution in [0.3, 0.4) is 0 Å². The molecule has 0 bridgehead atoms. The first-order chi connectivity index (χ1) is 33.8. The quantitative estimate of drug-likeness (QED) is 0.0688. The fraction of sp³-hybridized carbons (Fsp3) is 0.455. The molecule has 10 heteroatoms. The van der Waals surface area contributed by atoms with E-state index in [1.165, 1.54) is 68.8 Å². The first-order valence-electron chi connectivity index (χ1n) is 28.5. The average Bonchev–Trinajstić information content (AvgIpc) is 4.06. The van der Waals surface area contributed by atoms with Gasteiger partial charge in [0.2, 0.25) is 0 Å². The fourth-order valence-corrected chi connectivity index (χ4v) is 23.9. The maximum absolute atomic E-state index is 2.53. The van der Waals surface area contributed by atoms with Crippen LogP contribution >= 0.6 is 0 Å². The zero-order valence-electron chi connectivity index (χ0n) is 53.2. The molecule has 0 fully saturated rings. The molecule has 8 aromatic rings. The Morgan fingerprint density at radius 1 is 0.263 bits per heavy atom. The molecule has 76 heavy (non-hydrogen) atoms. The van der Waals surface area contributed by atoms with Gasteiger partial charge in [-0.25, -0.2) is 0 Å². The van der Waals surface area contributed by atoms with Crippen LogP contribution in [-0.2, 0) is 34.7 Å². The molecule has 0 saturated carbocycles. The Bertz CT molecular complexity index is 2440. The van der Waals surface area contributed by atoms with Crippen LogP contribution in [0.4, 0.5) is 0 Å². The minimum Gasteiger partial charge on any atom is -0.157 e. The van der Waals surface area contributed by atoms with E-state index in [1.54, 1.807) is 41.5 Å². The van der Waals surface area contributed by atoms with Gasteiger partial charge in [0, 0.05) is 64.6 Å². The second kappa shape index (κ2) is 27.3. The van der Waals surface area contributed by atoms with Gasteiger partial charge in [-0.3, -0.25) is 0 Å². The number of unbranched alkanes of at least 4 members (excludes halogenated alkanes) is 3. The Kier molecular flexibility index (Phi) is 25.2. The number of benzene rings is 4. The van der Waals surface area contributed by atoms with Gasteiger partial charge in [0.25, 0.3) is 0 Å². The van der Waals surface area contributed by atoms with Gasteiger partial charge >= 0.3 is 34.7 Å². The van der Waals surface area contributed by atoms with Crippen LogP contribution in [0.2, 0.25) is 157 Å². The normalized spacial score (nSPS) is 12.6. The summed E-state index contributed by atoms with van der Waals surface area (Å²) in [6, 6.07) is 46.1. The van der Waals surface area contributed by atoms with Crippen LogP contribution in [0.25, 0.3) is 43.1 Å². The molecule has 0 atom stereocenters. The topological polar surface area (TPSA) is 0 Å². The number of hydrogen-bond donors (Lipinski definition) is 0. The molecule has 0 unspecified atom stereocenters. The van der Waals surface area contributed by atoms with Crippen LogP contribution in [-0.4, -0.2) is 64.6 Å². The van der Waals surface area contributed by atoms with Gasteiger partial charge < -0.3 is 0 Å². The van der Waals surface area contributed by atoms with Crippen molar-refractivity contribution in [2.45, 2.75) is 197 Å². The zero-order valence-corrected chi connectivity index (χ0v) is 63.7. The van der Waals surface area contributed by atoms with Gasteiger partial charge in [-0.05, 0) is 0 Å². The first-order valence-corrected chi connectivity index (χ1v) is 56.5. The second-order valence-corrected chi connectivity index (χ2v) is 70.1. The van der Waals surface area contributed by atoms with Gasteiger partial charge in [0.15, 0.2) is 0 Å². The monoisotopic (exact) mass is 1230 g/mol. The van der Waals surface area contributed by atoms with Crippen molar-refractivity contribution in [3.05, 3.63) is 121 Å². The number of fused-ring (bicyclic) bond motifs is 4. The van der Waals surface area contributed by atoms with Gasteiger partial charge in [-0.1, -0.05) is 221 Å². The molecule has 0 radical (unpaired) electrons. The molecule has 0 aliphatic carbocycles. The van der Waals surface area contributed by atoms with E-state index in [0.717, 1.165) is 0 Å². The Morgan fingerprint density at radius 2 is 0.421 bits per heavy atom. The summed E-state index contributed by atoms with van der Waals surface area (Å²) in [5, 5.41) is 25.3. The third-order valence-electron chi connectivity index (χ3n) is 14.6. The maximum Gasteiger partial charge on any atom is 2.00 e. The Balaban J connectivity index is 0.000000332. The van der Waals surface area contributed by atoms with E-state index in [1.807, 2.05) is 0 Å². The molecule has 8 aromatic carbocycles. The largest absolute Gasteiger partial charge is 2.00 e. The summed E-state index contributed by atoms with van der Waals surface area (Å²) in [6.07, 6.45) is 5.54. The maximum atomic E-state index is 2.53. The van der Waals surface area contributed by atoms with E-state index in [9.17, 15) is 0 Å². The van der Waals surface area contributed by atoms with E-state index in [4.69, 9.17) is 0 Å². The zero-order chi connectivity index (χ0) is 56.2. The van der Waals surface area contributed by atoms with Crippen molar-refractivity contribution in [1.82, 2.24) is 0 Å². The van der Waals surface area contributed by atoms with Gasteiger partial charge in [0.1, 0.15) is 0 Å². The molecule has 0 aromatic heterocycles. The second-order valence-electron chi connectivity index (χ2n) is 29.8. The molecular formula is C66H106Cr2Si8. The summed E-state index contributed by atoms with van der Waals surface area (Å²) >= 11 is 0. The molecule has 0 spiro atoms. The van der Waals surface area contributed by atoms with Crippen LogP contribution in [0.15, 0.2) is 121 Å². The van der Waals surface area contributed by atoms with Crippen molar-refractivity contribution >= 4 is 149 Å². The van der Waals surface area contributed by atoms with E-state index in [-0.39, 0.29) is 34.7 Å². The van der Waals surface area contributed by atoms with Crippen molar-refractivity contribution in [3.63, 3.8) is 0 Å². The standard InChI is InChI=1S/4C15H23Si2.C6H14.2Cr/c4*1-16(2,3)14-11-15(17(4,5)6)13-10-8-7-9-12(13)14;1-3-5-6-4-2;;/h4*7-11H,1-6H3;3-6H2,1-2H3;;/q4*-1;;2*+2. The predicted octanol–water partition coefficient (Wildman–Crippen LogP) is 17.2. The first kappa shape index (κ1) is 70.2. The SMILES string of the molecule is CCCCCC.C[Si](C)(C)c1c[c-]([Si](C)(C)C)c2ccccc12.C[Si](C)(C)c1c[c-]([Si](C)(C)C)c2ccccc12.C[Si](C)(C)c1c[c-]([Si](C)(C)C)c2ccccc12.C[Si](C)(C)c1c[c-]([Si](C)(C)C)c2ccccc12.[Cr+2].[Cr+2]. The Hall–Kier alpha value is -1.88. The van der Waals surface area contributed by atoms with Gasteiger partial charge in [0.05, 0.1) is 0 Å². The molecule has 8 rings (SSSR count). The van der Waals surface area contributed by atoms with Gasteiger partial charge in [-0.2, -0.15) is 45.0 Å². The molecular weight excluding hydrogens is 1120 g/mol.